The molecule has 7 nitrogen and oxygen atoms in total. The highest BCUT2D eigenvalue weighted by Crippen LogP contribution is 2.20. The number of hydrogen-bond acceptors (Lipinski definition) is 6. The molecule has 0 radical (unpaired) electrons. The highest BCUT2D eigenvalue weighted by atomic mass is 19.1. The summed E-state index contributed by atoms with van der Waals surface area (Å²) in [5.74, 6) is -0.0142. The number of para-hydroxylation sites is 1. The van der Waals surface area contributed by atoms with E-state index in [9.17, 15) is 9.18 Å². The second-order valence-corrected chi connectivity index (χ2v) is 6.67. The minimum atomic E-state index is -0.244. The molecular formula is C21H21FN6O. The van der Waals surface area contributed by atoms with E-state index < -0.39 is 0 Å². The number of carbonyl (C=O) groups is 1. The third-order valence-electron chi connectivity index (χ3n) is 4.79. The van der Waals surface area contributed by atoms with E-state index in [2.05, 4.69) is 20.3 Å². The van der Waals surface area contributed by atoms with Crippen LogP contribution < -0.4 is 10.2 Å². The van der Waals surface area contributed by atoms with Crippen molar-refractivity contribution in [2.75, 3.05) is 36.4 Å². The predicted molar refractivity (Wildman–Crippen MR) is 108 cm³/mol. The van der Waals surface area contributed by atoms with Crippen molar-refractivity contribution in [3.05, 3.63) is 78.1 Å². The molecule has 8 heteroatoms. The molecule has 29 heavy (non-hydrogen) atoms. The fourth-order valence-corrected chi connectivity index (χ4v) is 3.26. The van der Waals surface area contributed by atoms with Crippen molar-refractivity contribution >= 4 is 17.5 Å². The van der Waals surface area contributed by atoms with Crippen molar-refractivity contribution in [3.63, 3.8) is 0 Å². The van der Waals surface area contributed by atoms with E-state index >= 15 is 0 Å². The summed E-state index contributed by atoms with van der Waals surface area (Å²) in [6, 6.07) is 14.0. The molecule has 0 aliphatic carbocycles. The number of nitrogens with one attached hydrogen (secondary N) is 1. The lowest BCUT2D eigenvalue weighted by Crippen LogP contribution is -2.49. The standard InChI is InChI=1S/C21H21FN6O/c22-17-6-1-2-7-19(17)27-11-13-28(14-12-27)20(29)18-8-10-24-21(26-18)25-15-16-5-3-4-9-23-16/h1-10H,11-15H2,(H,24,25,26). The van der Waals surface area contributed by atoms with Gasteiger partial charge in [0.05, 0.1) is 17.9 Å². The normalized spacial score (nSPS) is 14.0. The van der Waals surface area contributed by atoms with Gasteiger partial charge in [-0.25, -0.2) is 14.4 Å². The first-order chi connectivity index (χ1) is 14.2. The van der Waals surface area contributed by atoms with Crippen LogP contribution in [0.1, 0.15) is 16.2 Å². The molecule has 1 aliphatic rings. The molecule has 0 spiro atoms. The molecule has 1 saturated heterocycles. The number of anilines is 2. The number of carbonyl (C=O) groups excluding carboxylic acids is 1. The molecule has 1 fully saturated rings. The fourth-order valence-electron chi connectivity index (χ4n) is 3.26. The molecule has 0 unspecified atom stereocenters. The fraction of sp³-hybridized carbons (Fsp3) is 0.238. The van der Waals surface area contributed by atoms with Crippen LogP contribution >= 0.6 is 0 Å². The first kappa shape index (κ1) is 18.8. The summed E-state index contributed by atoms with van der Waals surface area (Å²) < 4.78 is 14.0. The SMILES string of the molecule is O=C(c1ccnc(NCc2ccccn2)n1)N1CCN(c2ccccc2F)CC1. The summed E-state index contributed by atoms with van der Waals surface area (Å²) in [5.41, 5.74) is 1.77. The lowest BCUT2D eigenvalue weighted by molar-refractivity contribution is 0.0740. The maximum absolute atomic E-state index is 14.0. The van der Waals surface area contributed by atoms with E-state index in [1.54, 1.807) is 35.5 Å². The number of aromatic nitrogens is 3. The molecule has 1 aromatic carbocycles. The Hall–Kier alpha value is -3.55. The van der Waals surface area contributed by atoms with Crippen LogP contribution in [0, 0.1) is 5.82 Å². The van der Waals surface area contributed by atoms with Crippen LogP contribution in [0.15, 0.2) is 60.9 Å². The number of hydrogen-bond donors (Lipinski definition) is 1. The van der Waals surface area contributed by atoms with Crippen LogP contribution in [0.25, 0.3) is 0 Å². The third-order valence-corrected chi connectivity index (χ3v) is 4.79. The summed E-state index contributed by atoms with van der Waals surface area (Å²) in [6.07, 6.45) is 3.29. The van der Waals surface area contributed by atoms with Gasteiger partial charge < -0.3 is 15.1 Å². The van der Waals surface area contributed by atoms with Crippen LogP contribution in [0.4, 0.5) is 16.0 Å². The maximum atomic E-state index is 14.0. The van der Waals surface area contributed by atoms with Gasteiger partial charge in [0, 0.05) is 38.6 Å². The summed E-state index contributed by atoms with van der Waals surface area (Å²) in [4.78, 5) is 29.3. The highest BCUT2D eigenvalue weighted by molar-refractivity contribution is 5.92. The van der Waals surface area contributed by atoms with Gasteiger partial charge in [0.25, 0.3) is 5.91 Å². The number of pyridine rings is 1. The number of rotatable bonds is 5. The zero-order valence-electron chi connectivity index (χ0n) is 15.8. The minimum absolute atomic E-state index is 0.151. The van der Waals surface area contributed by atoms with Gasteiger partial charge in [0.1, 0.15) is 11.5 Å². The van der Waals surface area contributed by atoms with Crippen molar-refractivity contribution in [2.24, 2.45) is 0 Å². The molecule has 3 heterocycles. The molecule has 3 aromatic rings. The molecule has 4 rings (SSSR count). The lowest BCUT2D eigenvalue weighted by Gasteiger charge is -2.36. The Bertz CT molecular complexity index is 976. The quantitative estimate of drug-likeness (QED) is 0.720. The molecule has 1 amide bonds. The van der Waals surface area contributed by atoms with Crippen molar-refractivity contribution in [1.29, 1.82) is 0 Å². The zero-order valence-corrected chi connectivity index (χ0v) is 15.8. The van der Waals surface area contributed by atoms with E-state index in [4.69, 9.17) is 0 Å². The van der Waals surface area contributed by atoms with Gasteiger partial charge in [-0.2, -0.15) is 0 Å². The number of amides is 1. The van der Waals surface area contributed by atoms with Crippen molar-refractivity contribution in [1.82, 2.24) is 19.9 Å². The van der Waals surface area contributed by atoms with Crippen molar-refractivity contribution < 1.29 is 9.18 Å². The van der Waals surface area contributed by atoms with Gasteiger partial charge in [0.15, 0.2) is 0 Å². The number of nitrogens with zero attached hydrogens (tertiary/aromatic N) is 5. The smallest absolute Gasteiger partial charge is 0.272 e. The summed E-state index contributed by atoms with van der Waals surface area (Å²) in [5, 5.41) is 3.09. The first-order valence-electron chi connectivity index (χ1n) is 9.46. The molecule has 1 aliphatic heterocycles. The maximum Gasteiger partial charge on any atom is 0.272 e. The molecule has 1 N–H and O–H groups in total. The van der Waals surface area contributed by atoms with Gasteiger partial charge in [-0.15, -0.1) is 0 Å². The largest absolute Gasteiger partial charge is 0.366 e. The Morgan fingerprint density at radius 1 is 0.966 bits per heavy atom. The van der Waals surface area contributed by atoms with Gasteiger partial charge in [-0.3, -0.25) is 9.78 Å². The van der Waals surface area contributed by atoms with Gasteiger partial charge in [-0.05, 0) is 30.3 Å². The Balaban J connectivity index is 1.37. The first-order valence-corrected chi connectivity index (χ1v) is 9.46. The lowest BCUT2D eigenvalue weighted by atomic mass is 10.2. The topological polar surface area (TPSA) is 74.2 Å². The molecule has 2 aromatic heterocycles. The average molecular weight is 392 g/mol. The van der Waals surface area contributed by atoms with Gasteiger partial charge in [0.2, 0.25) is 5.95 Å². The van der Waals surface area contributed by atoms with Crippen LogP contribution in [-0.4, -0.2) is 51.9 Å². The second kappa shape index (κ2) is 8.64. The molecular weight excluding hydrogens is 371 g/mol. The molecule has 0 saturated carbocycles. The van der Waals surface area contributed by atoms with E-state index in [0.717, 1.165) is 5.69 Å². The number of halogens is 1. The van der Waals surface area contributed by atoms with Crippen LogP contribution in [-0.2, 0) is 6.54 Å². The second-order valence-electron chi connectivity index (χ2n) is 6.67. The average Bonchev–Trinajstić information content (AvgIpc) is 2.79. The van der Waals surface area contributed by atoms with E-state index in [1.165, 1.54) is 6.07 Å². The van der Waals surface area contributed by atoms with Crippen molar-refractivity contribution in [3.8, 4) is 0 Å². The van der Waals surface area contributed by atoms with Crippen LogP contribution in [0.2, 0.25) is 0 Å². The van der Waals surface area contributed by atoms with E-state index in [0.29, 0.717) is 50.1 Å². The molecule has 0 bridgehead atoms. The zero-order chi connectivity index (χ0) is 20.1. The Morgan fingerprint density at radius 3 is 2.52 bits per heavy atom. The van der Waals surface area contributed by atoms with Gasteiger partial charge in [-0.1, -0.05) is 18.2 Å². The van der Waals surface area contributed by atoms with Crippen LogP contribution in [0.5, 0.6) is 0 Å². The summed E-state index contributed by atoms with van der Waals surface area (Å²) >= 11 is 0. The summed E-state index contributed by atoms with van der Waals surface area (Å²) in [6.45, 7) is 2.63. The monoisotopic (exact) mass is 392 g/mol. The molecule has 148 valence electrons. The van der Waals surface area contributed by atoms with E-state index in [-0.39, 0.29) is 11.7 Å². The van der Waals surface area contributed by atoms with Crippen molar-refractivity contribution in [2.45, 2.75) is 6.54 Å². The van der Waals surface area contributed by atoms with Crippen LogP contribution in [0.3, 0.4) is 0 Å². The third kappa shape index (κ3) is 4.48. The van der Waals surface area contributed by atoms with Gasteiger partial charge >= 0.3 is 0 Å². The van der Waals surface area contributed by atoms with E-state index in [1.807, 2.05) is 29.2 Å². The minimum Gasteiger partial charge on any atom is -0.366 e. The Morgan fingerprint density at radius 2 is 1.76 bits per heavy atom. The Kier molecular flexibility index (Phi) is 5.60. The number of benzene rings is 1. The summed E-state index contributed by atoms with van der Waals surface area (Å²) in [7, 11) is 0. The number of piperazine rings is 1. The highest BCUT2D eigenvalue weighted by Gasteiger charge is 2.24. The predicted octanol–water partition coefficient (Wildman–Crippen LogP) is 2.59. The molecule has 0 atom stereocenters. The Labute approximate surface area is 168 Å².